The van der Waals surface area contributed by atoms with Crippen LogP contribution in [0.1, 0.15) is 18.3 Å². The van der Waals surface area contributed by atoms with Crippen LogP contribution < -0.4 is 10.6 Å². The topological polar surface area (TPSA) is 71.8 Å². The molecule has 0 aliphatic carbocycles. The van der Waals surface area contributed by atoms with Gasteiger partial charge in [0.25, 0.3) is 0 Å². The van der Waals surface area contributed by atoms with Gasteiger partial charge in [0, 0.05) is 17.9 Å². The van der Waals surface area contributed by atoms with Gasteiger partial charge >= 0.3 is 6.18 Å². The van der Waals surface area contributed by atoms with E-state index in [0.29, 0.717) is 28.9 Å². The van der Waals surface area contributed by atoms with Crippen LogP contribution in [0.2, 0.25) is 0 Å². The van der Waals surface area contributed by atoms with Crippen LogP contribution in [0.4, 0.5) is 24.5 Å². The van der Waals surface area contributed by atoms with E-state index in [4.69, 9.17) is 0 Å². The second-order valence-corrected chi connectivity index (χ2v) is 7.22. The quantitative estimate of drug-likeness (QED) is 0.504. The number of rotatable bonds is 8. The Labute approximate surface area is 175 Å². The third-order valence-electron chi connectivity index (χ3n) is 4.14. The maximum atomic E-state index is 12.9. The predicted octanol–water partition coefficient (Wildman–Crippen LogP) is 4.66. The standard InChI is InChI=1S/C20H20F3N5OS/c1-2-28-17(12-24-16-10-6-7-14(11-16)20(21,22)23)26-27-19(28)30-13-18(29)25-15-8-4-3-5-9-15/h3-11,24H,2,12-13H2,1H3,(H,25,29). The first-order chi connectivity index (χ1) is 14.4. The Morgan fingerprint density at radius 1 is 1.07 bits per heavy atom. The Morgan fingerprint density at radius 3 is 2.50 bits per heavy atom. The number of nitrogens with one attached hydrogen (secondary N) is 2. The lowest BCUT2D eigenvalue weighted by molar-refractivity contribution is -0.137. The van der Waals surface area contributed by atoms with E-state index in [9.17, 15) is 18.0 Å². The van der Waals surface area contributed by atoms with Gasteiger partial charge in [0.1, 0.15) is 0 Å². The number of halogens is 3. The molecule has 30 heavy (non-hydrogen) atoms. The number of hydrogen-bond donors (Lipinski definition) is 2. The first-order valence-corrected chi connectivity index (χ1v) is 10.2. The van der Waals surface area contributed by atoms with Gasteiger partial charge in [-0.05, 0) is 37.3 Å². The highest BCUT2D eigenvalue weighted by Gasteiger charge is 2.30. The van der Waals surface area contributed by atoms with Gasteiger partial charge in [0.2, 0.25) is 5.91 Å². The molecule has 6 nitrogen and oxygen atoms in total. The van der Waals surface area contributed by atoms with E-state index >= 15 is 0 Å². The monoisotopic (exact) mass is 435 g/mol. The van der Waals surface area contributed by atoms with Crippen LogP contribution >= 0.6 is 11.8 Å². The van der Waals surface area contributed by atoms with Crippen LogP contribution in [-0.4, -0.2) is 26.4 Å². The number of amides is 1. The summed E-state index contributed by atoms with van der Waals surface area (Å²) in [7, 11) is 0. The van der Waals surface area contributed by atoms with Crippen molar-refractivity contribution >= 4 is 29.0 Å². The number of alkyl halides is 3. The molecule has 10 heteroatoms. The van der Waals surface area contributed by atoms with E-state index in [0.717, 1.165) is 12.1 Å². The summed E-state index contributed by atoms with van der Waals surface area (Å²) in [6, 6.07) is 14.1. The van der Waals surface area contributed by atoms with Gasteiger partial charge in [-0.1, -0.05) is 36.0 Å². The molecule has 1 aromatic heterocycles. The molecule has 158 valence electrons. The van der Waals surface area contributed by atoms with Gasteiger partial charge in [-0.3, -0.25) is 4.79 Å². The fourth-order valence-corrected chi connectivity index (χ4v) is 3.53. The summed E-state index contributed by atoms with van der Waals surface area (Å²) >= 11 is 1.25. The van der Waals surface area contributed by atoms with Gasteiger partial charge in [-0.25, -0.2) is 0 Å². The van der Waals surface area contributed by atoms with Gasteiger partial charge in [-0.15, -0.1) is 10.2 Å². The van der Waals surface area contributed by atoms with Crippen LogP contribution in [-0.2, 0) is 24.1 Å². The highest BCUT2D eigenvalue weighted by atomic mass is 32.2. The summed E-state index contributed by atoms with van der Waals surface area (Å²) in [6.07, 6.45) is -4.40. The molecule has 0 aliphatic rings. The summed E-state index contributed by atoms with van der Waals surface area (Å²) < 4.78 is 40.4. The molecular formula is C20H20F3N5OS. The summed E-state index contributed by atoms with van der Waals surface area (Å²) in [6.45, 7) is 2.68. The zero-order chi connectivity index (χ0) is 21.6. The SMILES string of the molecule is CCn1c(CNc2cccc(C(F)(F)F)c2)nnc1SCC(=O)Nc1ccccc1. The average Bonchev–Trinajstić information content (AvgIpc) is 3.13. The lowest BCUT2D eigenvalue weighted by Crippen LogP contribution is -2.15. The van der Waals surface area contributed by atoms with Crippen LogP contribution in [0.25, 0.3) is 0 Å². The number of benzene rings is 2. The highest BCUT2D eigenvalue weighted by molar-refractivity contribution is 7.99. The minimum atomic E-state index is -4.40. The molecule has 0 unspecified atom stereocenters. The number of carbonyl (C=O) groups excluding carboxylic acids is 1. The minimum absolute atomic E-state index is 0.161. The maximum absolute atomic E-state index is 12.9. The van der Waals surface area contributed by atoms with E-state index in [2.05, 4.69) is 20.8 Å². The third-order valence-corrected chi connectivity index (χ3v) is 5.11. The molecule has 3 rings (SSSR count). The van der Waals surface area contributed by atoms with Crippen LogP contribution in [0, 0.1) is 0 Å². The van der Waals surface area contributed by atoms with Crippen molar-refractivity contribution in [1.82, 2.24) is 14.8 Å². The number of anilines is 2. The molecule has 1 heterocycles. The average molecular weight is 435 g/mol. The van der Waals surface area contributed by atoms with Crippen LogP contribution in [0.3, 0.4) is 0 Å². The molecule has 2 aromatic carbocycles. The Kier molecular flexibility index (Phi) is 6.99. The molecule has 0 saturated carbocycles. The van der Waals surface area contributed by atoms with E-state index < -0.39 is 11.7 Å². The molecule has 0 saturated heterocycles. The molecule has 0 bridgehead atoms. The fraction of sp³-hybridized carbons (Fsp3) is 0.250. The number of aromatic nitrogens is 3. The molecule has 0 atom stereocenters. The van der Waals surface area contributed by atoms with Crippen molar-refractivity contribution in [2.24, 2.45) is 0 Å². The second kappa shape index (κ2) is 9.66. The summed E-state index contributed by atoms with van der Waals surface area (Å²) in [5.74, 6) is 0.565. The number of carbonyl (C=O) groups is 1. The van der Waals surface area contributed by atoms with Gasteiger partial charge in [0.15, 0.2) is 11.0 Å². The lowest BCUT2D eigenvalue weighted by Gasteiger charge is -2.11. The van der Waals surface area contributed by atoms with Crippen molar-refractivity contribution in [3.8, 4) is 0 Å². The second-order valence-electron chi connectivity index (χ2n) is 6.28. The van der Waals surface area contributed by atoms with Gasteiger partial charge < -0.3 is 15.2 Å². The smallest absolute Gasteiger partial charge is 0.378 e. The normalized spacial score (nSPS) is 11.3. The van der Waals surface area contributed by atoms with Crippen molar-refractivity contribution in [3.05, 3.63) is 66.0 Å². The van der Waals surface area contributed by atoms with Gasteiger partial charge in [0.05, 0.1) is 17.9 Å². The Hall–Kier alpha value is -3.01. The summed E-state index contributed by atoms with van der Waals surface area (Å²) in [5.41, 5.74) is 0.336. The van der Waals surface area contributed by atoms with Crippen LogP contribution in [0.15, 0.2) is 59.8 Å². The first kappa shape index (κ1) is 21.7. The summed E-state index contributed by atoms with van der Waals surface area (Å²) in [4.78, 5) is 12.1. The number of nitrogens with zero attached hydrogens (tertiary/aromatic N) is 3. The van der Waals surface area contributed by atoms with E-state index in [-0.39, 0.29) is 18.2 Å². The largest absolute Gasteiger partial charge is 0.416 e. The summed E-state index contributed by atoms with van der Waals surface area (Å²) in [5, 5.41) is 14.5. The Morgan fingerprint density at radius 2 is 1.80 bits per heavy atom. The van der Waals surface area contributed by atoms with E-state index in [1.165, 1.54) is 17.8 Å². The molecule has 0 radical (unpaired) electrons. The van der Waals surface area contributed by atoms with Crippen molar-refractivity contribution < 1.29 is 18.0 Å². The van der Waals surface area contributed by atoms with E-state index in [1.807, 2.05) is 29.7 Å². The van der Waals surface area contributed by atoms with Crippen molar-refractivity contribution in [1.29, 1.82) is 0 Å². The molecule has 0 spiro atoms. The van der Waals surface area contributed by atoms with E-state index in [1.54, 1.807) is 18.2 Å². The molecular weight excluding hydrogens is 415 g/mol. The molecule has 1 amide bonds. The Balaban J connectivity index is 1.59. The van der Waals surface area contributed by atoms with Crippen molar-refractivity contribution in [2.45, 2.75) is 31.3 Å². The molecule has 3 aromatic rings. The number of thioether (sulfide) groups is 1. The highest BCUT2D eigenvalue weighted by Crippen LogP contribution is 2.30. The third kappa shape index (κ3) is 5.76. The van der Waals surface area contributed by atoms with Crippen molar-refractivity contribution in [2.75, 3.05) is 16.4 Å². The fourth-order valence-electron chi connectivity index (χ4n) is 2.71. The number of para-hydroxylation sites is 1. The Bertz CT molecular complexity index is 992. The molecule has 0 fully saturated rings. The van der Waals surface area contributed by atoms with Crippen molar-refractivity contribution in [3.63, 3.8) is 0 Å². The maximum Gasteiger partial charge on any atom is 0.416 e. The van der Waals surface area contributed by atoms with Crippen LogP contribution in [0.5, 0.6) is 0 Å². The number of hydrogen-bond acceptors (Lipinski definition) is 5. The molecule has 0 aliphatic heterocycles. The molecule has 2 N–H and O–H groups in total. The first-order valence-electron chi connectivity index (χ1n) is 9.17. The zero-order valence-corrected chi connectivity index (χ0v) is 16.9. The predicted molar refractivity (Wildman–Crippen MR) is 110 cm³/mol. The van der Waals surface area contributed by atoms with Gasteiger partial charge in [-0.2, -0.15) is 13.2 Å². The minimum Gasteiger partial charge on any atom is -0.378 e. The zero-order valence-electron chi connectivity index (χ0n) is 16.1. The lowest BCUT2D eigenvalue weighted by atomic mass is 10.2.